The summed E-state index contributed by atoms with van der Waals surface area (Å²) in [6.07, 6.45) is 3.36. The van der Waals surface area contributed by atoms with Crippen LogP contribution in [0.2, 0.25) is 0 Å². The third-order valence-corrected chi connectivity index (χ3v) is 5.14. The Balaban J connectivity index is 2.18. The number of thioether (sulfide) groups is 1. The van der Waals surface area contributed by atoms with Crippen LogP contribution < -0.4 is 5.69 Å². The molecule has 6 nitrogen and oxygen atoms in total. The molecular weight excluding hydrogens is 278 g/mol. The van der Waals surface area contributed by atoms with Gasteiger partial charge in [0.15, 0.2) is 5.16 Å². The summed E-state index contributed by atoms with van der Waals surface area (Å²) in [5, 5.41) is 16.4. The van der Waals surface area contributed by atoms with Crippen LogP contribution in [0, 0.1) is 11.8 Å². The Morgan fingerprint density at radius 3 is 2.95 bits per heavy atom. The van der Waals surface area contributed by atoms with E-state index in [-0.39, 0.29) is 16.9 Å². The van der Waals surface area contributed by atoms with E-state index >= 15 is 0 Å². The van der Waals surface area contributed by atoms with E-state index in [1.165, 1.54) is 11.8 Å². The number of carboxylic acids is 1. The van der Waals surface area contributed by atoms with Crippen molar-refractivity contribution in [3.05, 3.63) is 10.5 Å². The first-order valence-electron chi connectivity index (χ1n) is 7.07. The van der Waals surface area contributed by atoms with Gasteiger partial charge in [0, 0.05) is 11.8 Å². The Labute approximate surface area is 122 Å². The minimum absolute atomic E-state index is 0.0120. The van der Waals surface area contributed by atoms with E-state index < -0.39 is 5.97 Å². The van der Waals surface area contributed by atoms with E-state index in [0.29, 0.717) is 24.0 Å². The van der Waals surface area contributed by atoms with E-state index in [0.717, 1.165) is 19.3 Å². The fourth-order valence-electron chi connectivity index (χ4n) is 2.69. The van der Waals surface area contributed by atoms with Crippen LogP contribution in [0.1, 0.15) is 39.5 Å². The van der Waals surface area contributed by atoms with Crippen molar-refractivity contribution in [2.45, 2.75) is 56.5 Å². The van der Waals surface area contributed by atoms with Crippen LogP contribution in [0.5, 0.6) is 0 Å². The maximum absolute atomic E-state index is 11.7. The quantitative estimate of drug-likeness (QED) is 0.867. The fraction of sp³-hybridized carbons (Fsp3) is 0.769. The van der Waals surface area contributed by atoms with Gasteiger partial charge in [-0.15, -0.1) is 5.10 Å². The second-order valence-corrected chi connectivity index (χ2v) is 6.69. The zero-order valence-electron chi connectivity index (χ0n) is 11.8. The van der Waals surface area contributed by atoms with E-state index in [1.807, 2.05) is 6.92 Å². The summed E-state index contributed by atoms with van der Waals surface area (Å²) < 4.78 is 1.60. The third-order valence-electron chi connectivity index (χ3n) is 3.80. The van der Waals surface area contributed by atoms with E-state index in [2.05, 4.69) is 17.1 Å². The number of hydrogen-bond donors (Lipinski definition) is 2. The van der Waals surface area contributed by atoms with E-state index in [4.69, 9.17) is 0 Å². The van der Waals surface area contributed by atoms with Crippen molar-refractivity contribution in [3.8, 4) is 0 Å². The summed E-state index contributed by atoms with van der Waals surface area (Å²) in [6.45, 7) is 4.75. The molecule has 1 fully saturated rings. The second-order valence-electron chi connectivity index (χ2n) is 5.48. The predicted molar refractivity (Wildman–Crippen MR) is 76.9 cm³/mol. The summed E-state index contributed by atoms with van der Waals surface area (Å²) in [6, 6.07) is 0. The fourth-order valence-corrected chi connectivity index (χ4v) is 4.20. The Kier molecular flexibility index (Phi) is 4.91. The smallest absolute Gasteiger partial charge is 0.343 e. The third kappa shape index (κ3) is 3.26. The number of nitrogens with zero attached hydrogens (tertiary/aromatic N) is 2. The monoisotopic (exact) mass is 299 g/mol. The molecule has 3 unspecified atom stereocenters. The molecule has 0 saturated heterocycles. The molecular formula is C13H21N3O3S. The average Bonchev–Trinajstić information content (AvgIpc) is 2.72. The van der Waals surface area contributed by atoms with Gasteiger partial charge in [0.05, 0.1) is 5.92 Å². The average molecular weight is 299 g/mol. The molecule has 1 heterocycles. The van der Waals surface area contributed by atoms with Crippen LogP contribution in [0.3, 0.4) is 0 Å². The lowest BCUT2D eigenvalue weighted by Gasteiger charge is -2.31. The molecule has 2 N–H and O–H groups in total. The predicted octanol–water partition coefficient (Wildman–Crippen LogP) is 1.96. The Morgan fingerprint density at radius 1 is 1.55 bits per heavy atom. The van der Waals surface area contributed by atoms with Crippen LogP contribution >= 0.6 is 11.8 Å². The van der Waals surface area contributed by atoms with Gasteiger partial charge in [-0.3, -0.25) is 9.36 Å². The van der Waals surface area contributed by atoms with Crippen LogP contribution in [0.4, 0.5) is 0 Å². The first-order chi connectivity index (χ1) is 9.52. The highest BCUT2D eigenvalue weighted by Crippen LogP contribution is 2.39. The maximum Gasteiger partial charge on any atom is 0.343 e. The number of hydrogen-bond acceptors (Lipinski definition) is 4. The molecule has 2 rings (SSSR count). The molecule has 0 amide bonds. The molecule has 0 radical (unpaired) electrons. The number of H-pyrrole nitrogens is 1. The van der Waals surface area contributed by atoms with Crippen LogP contribution in [-0.2, 0) is 11.3 Å². The molecule has 1 aromatic rings. The van der Waals surface area contributed by atoms with Gasteiger partial charge in [0.1, 0.15) is 0 Å². The van der Waals surface area contributed by atoms with Crippen LogP contribution in [0.15, 0.2) is 9.95 Å². The molecule has 0 aliphatic heterocycles. The van der Waals surface area contributed by atoms with E-state index in [1.54, 1.807) is 4.57 Å². The highest BCUT2D eigenvalue weighted by atomic mass is 32.2. The highest BCUT2D eigenvalue weighted by molar-refractivity contribution is 7.99. The number of carbonyl (C=O) groups is 1. The lowest BCUT2D eigenvalue weighted by atomic mass is 9.82. The van der Waals surface area contributed by atoms with Crippen molar-refractivity contribution >= 4 is 17.7 Å². The van der Waals surface area contributed by atoms with E-state index in [9.17, 15) is 14.7 Å². The SMILES string of the molecule is CCCn1c(SC2CC(C)CCC2C(=O)O)n[nH]c1=O. The Hall–Kier alpha value is -1.24. The van der Waals surface area contributed by atoms with Crippen LogP contribution in [0.25, 0.3) is 0 Å². The van der Waals surface area contributed by atoms with Crippen molar-refractivity contribution < 1.29 is 9.90 Å². The van der Waals surface area contributed by atoms with Gasteiger partial charge in [-0.2, -0.15) is 0 Å². The van der Waals surface area contributed by atoms with Gasteiger partial charge in [-0.25, -0.2) is 9.89 Å². The normalized spacial score (nSPS) is 26.6. The first-order valence-corrected chi connectivity index (χ1v) is 7.95. The molecule has 1 aliphatic rings. The molecule has 1 aliphatic carbocycles. The topological polar surface area (TPSA) is 88.0 Å². The van der Waals surface area contributed by atoms with Gasteiger partial charge in [0.2, 0.25) is 0 Å². The largest absolute Gasteiger partial charge is 0.481 e. The number of nitrogens with one attached hydrogen (secondary N) is 1. The molecule has 0 spiro atoms. The zero-order valence-corrected chi connectivity index (χ0v) is 12.7. The van der Waals surface area contributed by atoms with Gasteiger partial charge in [-0.1, -0.05) is 25.6 Å². The lowest BCUT2D eigenvalue weighted by Crippen LogP contribution is -2.32. The van der Waals surface area contributed by atoms with Gasteiger partial charge in [0.25, 0.3) is 0 Å². The summed E-state index contributed by atoms with van der Waals surface area (Å²) in [5.74, 6) is -0.569. The highest BCUT2D eigenvalue weighted by Gasteiger charge is 2.35. The summed E-state index contributed by atoms with van der Waals surface area (Å²) in [5.41, 5.74) is -0.218. The molecule has 1 saturated carbocycles. The molecule has 7 heteroatoms. The molecule has 0 bridgehead atoms. The molecule has 20 heavy (non-hydrogen) atoms. The minimum Gasteiger partial charge on any atom is -0.481 e. The summed E-state index contributed by atoms with van der Waals surface area (Å²) >= 11 is 1.43. The minimum atomic E-state index is -0.741. The van der Waals surface area contributed by atoms with Gasteiger partial charge >= 0.3 is 11.7 Å². The number of aliphatic carboxylic acids is 1. The second kappa shape index (κ2) is 6.47. The number of aromatic amines is 1. The van der Waals surface area contributed by atoms with Gasteiger partial charge < -0.3 is 5.11 Å². The van der Waals surface area contributed by atoms with Crippen molar-refractivity contribution in [3.63, 3.8) is 0 Å². The maximum atomic E-state index is 11.7. The Bertz CT molecular complexity index is 525. The van der Waals surface area contributed by atoms with Crippen molar-refractivity contribution in [1.82, 2.24) is 14.8 Å². The zero-order chi connectivity index (χ0) is 14.7. The van der Waals surface area contributed by atoms with Crippen LogP contribution in [-0.4, -0.2) is 31.1 Å². The molecule has 3 atom stereocenters. The number of carboxylic acid groups (broad SMARTS) is 1. The first kappa shape index (κ1) is 15.2. The summed E-state index contributed by atoms with van der Waals surface area (Å²) in [7, 11) is 0. The molecule has 0 aromatic carbocycles. The number of rotatable bonds is 5. The van der Waals surface area contributed by atoms with Crippen molar-refractivity contribution in [2.24, 2.45) is 11.8 Å². The lowest BCUT2D eigenvalue weighted by molar-refractivity contribution is -0.142. The molecule has 1 aromatic heterocycles. The van der Waals surface area contributed by atoms with Crippen molar-refractivity contribution in [1.29, 1.82) is 0 Å². The van der Waals surface area contributed by atoms with Crippen molar-refractivity contribution in [2.75, 3.05) is 0 Å². The standard InChI is InChI=1S/C13H21N3O3S/c1-3-6-16-12(19)14-15-13(16)20-10-7-8(2)4-5-9(10)11(17)18/h8-10H,3-7H2,1-2H3,(H,14,19)(H,17,18). The summed E-state index contributed by atoms with van der Waals surface area (Å²) in [4.78, 5) is 23.0. The Morgan fingerprint density at radius 2 is 2.30 bits per heavy atom. The van der Waals surface area contributed by atoms with Gasteiger partial charge in [-0.05, 0) is 31.6 Å². The molecule has 112 valence electrons. The number of aromatic nitrogens is 3.